The quantitative estimate of drug-likeness (QED) is 0.853. The first kappa shape index (κ1) is 11.1. The van der Waals surface area contributed by atoms with Crippen LogP contribution in [0.5, 0.6) is 0 Å². The average molecular weight is 225 g/mol. The molecular weight excluding hydrogens is 206 g/mol. The fourth-order valence-electron chi connectivity index (χ4n) is 2.03. The fourth-order valence-corrected chi connectivity index (χ4v) is 3.06. The van der Waals surface area contributed by atoms with Crippen molar-refractivity contribution in [2.24, 2.45) is 5.73 Å². The normalized spacial score (nSPS) is 23.2. The van der Waals surface area contributed by atoms with Crippen LogP contribution in [0.2, 0.25) is 0 Å². The van der Waals surface area contributed by atoms with Gasteiger partial charge in [-0.25, -0.2) is 0 Å². The van der Waals surface area contributed by atoms with Crippen molar-refractivity contribution in [2.45, 2.75) is 44.8 Å². The smallest absolute Gasteiger partial charge is 0.0730 e. The first-order valence-electron chi connectivity index (χ1n) is 5.74. The Morgan fingerprint density at radius 3 is 2.93 bits per heavy atom. The van der Waals surface area contributed by atoms with Crippen molar-refractivity contribution in [1.29, 1.82) is 0 Å². The van der Waals surface area contributed by atoms with E-state index >= 15 is 0 Å². The predicted molar refractivity (Wildman–Crippen MR) is 64.4 cm³/mol. The molecule has 2 nitrogen and oxygen atoms in total. The van der Waals surface area contributed by atoms with Crippen molar-refractivity contribution in [1.82, 2.24) is 0 Å². The largest absolute Gasteiger partial charge is 0.377 e. The first-order chi connectivity index (χ1) is 7.29. The van der Waals surface area contributed by atoms with E-state index in [2.05, 4.69) is 19.1 Å². The zero-order chi connectivity index (χ0) is 10.7. The van der Waals surface area contributed by atoms with Crippen molar-refractivity contribution in [3.05, 3.63) is 21.9 Å². The van der Waals surface area contributed by atoms with Gasteiger partial charge in [0.1, 0.15) is 0 Å². The van der Waals surface area contributed by atoms with E-state index in [4.69, 9.17) is 10.5 Å². The van der Waals surface area contributed by atoms with E-state index < -0.39 is 0 Å². The van der Waals surface area contributed by atoms with Crippen LogP contribution in [-0.4, -0.2) is 18.8 Å². The molecule has 1 aromatic rings. The molecule has 1 saturated heterocycles. The van der Waals surface area contributed by atoms with Crippen LogP contribution in [0.3, 0.4) is 0 Å². The molecule has 1 aliphatic rings. The van der Waals surface area contributed by atoms with Gasteiger partial charge in [0.25, 0.3) is 0 Å². The number of thiophene rings is 1. The third-order valence-electron chi connectivity index (χ3n) is 2.95. The molecule has 0 saturated carbocycles. The monoisotopic (exact) mass is 225 g/mol. The van der Waals surface area contributed by atoms with Crippen molar-refractivity contribution in [2.75, 3.05) is 6.61 Å². The van der Waals surface area contributed by atoms with Crippen LogP contribution in [0.4, 0.5) is 0 Å². The second kappa shape index (κ2) is 5.10. The van der Waals surface area contributed by atoms with Gasteiger partial charge in [-0.15, -0.1) is 11.3 Å². The molecule has 2 rings (SSSR count). The molecular formula is C12H19NOS. The molecule has 1 aliphatic heterocycles. The summed E-state index contributed by atoms with van der Waals surface area (Å²) in [5.74, 6) is 0. The molecule has 15 heavy (non-hydrogen) atoms. The maximum Gasteiger partial charge on any atom is 0.0730 e. The lowest BCUT2D eigenvalue weighted by molar-refractivity contribution is 0.0902. The van der Waals surface area contributed by atoms with Crippen LogP contribution in [0.25, 0.3) is 0 Å². The maximum absolute atomic E-state index is 6.14. The zero-order valence-corrected chi connectivity index (χ0v) is 10.1. The molecule has 2 unspecified atom stereocenters. The van der Waals surface area contributed by atoms with Gasteiger partial charge in [-0.05, 0) is 37.8 Å². The lowest BCUT2D eigenvalue weighted by Crippen LogP contribution is -2.35. The summed E-state index contributed by atoms with van der Waals surface area (Å²) < 4.78 is 5.60. The van der Waals surface area contributed by atoms with Gasteiger partial charge in [0, 0.05) is 22.4 Å². The first-order valence-corrected chi connectivity index (χ1v) is 6.56. The predicted octanol–water partition coefficient (Wildman–Crippen LogP) is 2.36. The van der Waals surface area contributed by atoms with Gasteiger partial charge in [0.05, 0.1) is 6.10 Å². The summed E-state index contributed by atoms with van der Waals surface area (Å²) >= 11 is 1.88. The summed E-state index contributed by atoms with van der Waals surface area (Å²) in [4.78, 5) is 2.85. The minimum atomic E-state index is 0.177. The highest BCUT2D eigenvalue weighted by Crippen LogP contribution is 2.22. The summed E-state index contributed by atoms with van der Waals surface area (Å²) in [5, 5.41) is 0. The lowest BCUT2D eigenvalue weighted by atomic mass is 10.1. The van der Waals surface area contributed by atoms with E-state index in [-0.39, 0.29) is 12.1 Å². The summed E-state index contributed by atoms with van der Waals surface area (Å²) in [5.41, 5.74) is 6.14. The Bertz CT molecular complexity index is 304. The van der Waals surface area contributed by atoms with E-state index in [0.717, 1.165) is 25.9 Å². The van der Waals surface area contributed by atoms with E-state index in [9.17, 15) is 0 Å². The van der Waals surface area contributed by atoms with Crippen LogP contribution in [0, 0.1) is 0 Å². The van der Waals surface area contributed by atoms with Crippen LogP contribution >= 0.6 is 11.3 Å². The van der Waals surface area contributed by atoms with Gasteiger partial charge in [0.2, 0.25) is 0 Å². The standard InChI is InChI=1S/C12H19NOS/c1-2-9-5-6-10(15-9)8-11(13)12-4-3-7-14-12/h5-6,11-12H,2-4,7-8,13H2,1H3. The van der Waals surface area contributed by atoms with Crippen molar-refractivity contribution >= 4 is 11.3 Å². The molecule has 2 heterocycles. The number of hydrogen-bond acceptors (Lipinski definition) is 3. The van der Waals surface area contributed by atoms with Crippen LogP contribution < -0.4 is 5.73 Å². The lowest BCUT2D eigenvalue weighted by Gasteiger charge is -2.17. The number of nitrogens with two attached hydrogens (primary N) is 1. The topological polar surface area (TPSA) is 35.2 Å². The van der Waals surface area contributed by atoms with Gasteiger partial charge >= 0.3 is 0 Å². The molecule has 0 radical (unpaired) electrons. The molecule has 1 fully saturated rings. The molecule has 0 spiro atoms. The van der Waals surface area contributed by atoms with Gasteiger partial charge in [-0.2, -0.15) is 0 Å². The summed E-state index contributed by atoms with van der Waals surface area (Å²) in [6.07, 6.45) is 4.68. The third-order valence-corrected chi connectivity index (χ3v) is 4.20. The molecule has 1 aromatic heterocycles. The Hall–Kier alpha value is -0.380. The number of ether oxygens (including phenoxy) is 1. The summed E-state index contributed by atoms with van der Waals surface area (Å²) in [7, 11) is 0. The fraction of sp³-hybridized carbons (Fsp3) is 0.667. The van der Waals surface area contributed by atoms with E-state index in [1.807, 2.05) is 11.3 Å². The van der Waals surface area contributed by atoms with Gasteiger partial charge < -0.3 is 10.5 Å². The Morgan fingerprint density at radius 1 is 1.53 bits per heavy atom. The average Bonchev–Trinajstić information content (AvgIpc) is 2.87. The molecule has 2 atom stereocenters. The Kier molecular flexibility index (Phi) is 3.78. The molecule has 0 bridgehead atoms. The minimum Gasteiger partial charge on any atom is -0.377 e. The summed E-state index contributed by atoms with van der Waals surface area (Å²) in [6.45, 7) is 3.08. The molecule has 0 amide bonds. The Morgan fingerprint density at radius 2 is 2.33 bits per heavy atom. The number of aryl methyl sites for hydroxylation is 1. The van der Waals surface area contributed by atoms with Crippen LogP contribution in [-0.2, 0) is 17.6 Å². The molecule has 0 aromatic carbocycles. The highest BCUT2D eigenvalue weighted by atomic mass is 32.1. The Labute approximate surface area is 95.4 Å². The highest BCUT2D eigenvalue weighted by molar-refractivity contribution is 7.11. The van der Waals surface area contributed by atoms with E-state index in [0.29, 0.717) is 0 Å². The maximum atomic E-state index is 6.14. The van der Waals surface area contributed by atoms with E-state index in [1.54, 1.807) is 0 Å². The third kappa shape index (κ3) is 2.80. The number of hydrogen-bond donors (Lipinski definition) is 1. The summed E-state index contributed by atoms with van der Waals surface area (Å²) in [6, 6.07) is 4.59. The van der Waals surface area contributed by atoms with Gasteiger partial charge in [-0.3, -0.25) is 0 Å². The second-order valence-electron chi connectivity index (χ2n) is 4.14. The zero-order valence-electron chi connectivity index (χ0n) is 9.24. The van der Waals surface area contributed by atoms with Crippen molar-refractivity contribution in [3.63, 3.8) is 0 Å². The highest BCUT2D eigenvalue weighted by Gasteiger charge is 2.23. The van der Waals surface area contributed by atoms with Crippen LogP contribution in [0.1, 0.15) is 29.5 Å². The van der Waals surface area contributed by atoms with Gasteiger partial charge in [0.15, 0.2) is 0 Å². The minimum absolute atomic E-state index is 0.177. The Balaban J connectivity index is 1.89. The molecule has 3 heteroatoms. The van der Waals surface area contributed by atoms with Crippen molar-refractivity contribution < 1.29 is 4.74 Å². The second-order valence-corrected chi connectivity index (χ2v) is 5.39. The van der Waals surface area contributed by atoms with Crippen molar-refractivity contribution in [3.8, 4) is 0 Å². The molecule has 2 N–H and O–H groups in total. The molecule has 84 valence electrons. The molecule has 0 aliphatic carbocycles. The van der Waals surface area contributed by atoms with Crippen LogP contribution in [0.15, 0.2) is 12.1 Å². The van der Waals surface area contributed by atoms with Gasteiger partial charge in [-0.1, -0.05) is 6.92 Å². The number of rotatable bonds is 4. The SMILES string of the molecule is CCc1ccc(CC(N)C2CCCO2)s1. The van der Waals surface area contributed by atoms with E-state index in [1.165, 1.54) is 16.2 Å².